The molecule has 1 atom stereocenters. The van der Waals surface area contributed by atoms with E-state index in [1.807, 2.05) is 31.3 Å². The van der Waals surface area contributed by atoms with Crippen molar-refractivity contribution in [3.8, 4) is 0 Å². The van der Waals surface area contributed by atoms with Crippen LogP contribution in [-0.4, -0.2) is 41.3 Å². The molecule has 5 nitrogen and oxygen atoms in total. The highest BCUT2D eigenvalue weighted by molar-refractivity contribution is 5.29. The van der Waals surface area contributed by atoms with Crippen molar-refractivity contribution in [1.82, 2.24) is 15.3 Å². The van der Waals surface area contributed by atoms with Gasteiger partial charge in [0.15, 0.2) is 0 Å². The van der Waals surface area contributed by atoms with Gasteiger partial charge in [-0.2, -0.15) is 0 Å². The van der Waals surface area contributed by atoms with Crippen LogP contribution in [0.5, 0.6) is 0 Å². The molecule has 1 aromatic rings. The normalized spacial score (nSPS) is 12.8. The second-order valence-corrected chi connectivity index (χ2v) is 5.06. The third-order valence-electron chi connectivity index (χ3n) is 2.81. The average Bonchev–Trinajstić information content (AvgIpc) is 2.37. The van der Waals surface area contributed by atoms with E-state index in [0.29, 0.717) is 11.9 Å². The van der Waals surface area contributed by atoms with E-state index >= 15 is 0 Å². The van der Waals surface area contributed by atoms with Crippen LogP contribution in [0.2, 0.25) is 0 Å². The number of aliphatic hydroxyl groups is 1. The smallest absolute Gasteiger partial charge is 0.225 e. The molecule has 2 N–H and O–H groups in total. The summed E-state index contributed by atoms with van der Waals surface area (Å²) >= 11 is 0. The summed E-state index contributed by atoms with van der Waals surface area (Å²) in [6.45, 7) is 8.16. The maximum absolute atomic E-state index is 9.08. The quantitative estimate of drug-likeness (QED) is 0.759. The Morgan fingerprint density at radius 1 is 1.28 bits per heavy atom. The standard InChI is InChI=1S/C13H24N4O/c1-10(2)5-14-6-12-7-15-13(16-8-12)17(4)11(3)9-18/h7-8,10-11,14,18H,5-6,9H2,1-4H3. The Balaban J connectivity index is 2.52. The zero-order valence-corrected chi connectivity index (χ0v) is 11.7. The van der Waals surface area contributed by atoms with Crippen LogP contribution >= 0.6 is 0 Å². The van der Waals surface area contributed by atoms with E-state index in [1.54, 1.807) is 0 Å². The topological polar surface area (TPSA) is 61.3 Å². The largest absolute Gasteiger partial charge is 0.394 e. The van der Waals surface area contributed by atoms with Crippen molar-refractivity contribution >= 4 is 5.95 Å². The van der Waals surface area contributed by atoms with Gasteiger partial charge < -0.3 is 15.3 Å². The van der Waals surface area contributed by atoms with E-state index in [2.05, 4.69) is 29.1 Å². The summed E-state index contributed by atoms with van der Waals surface area (Å²) in [5.74, 6) is 1.28. The van der Waals surface area contributed by atoms with Gasteiger partial charge in [-0.15, -0.1) is 0 Å². The van der Waals surface area contributed by atoms with Crippen LogP contribution in [0.25, 0.3) is 0 Å². The van der Waals surface area contributed by atoms with Gasteiger partial charge >= 0.3 is 0 Å². The Hall–Kier alpha value is -1.20. The number of rotatable bonds is 7. The van der Waals surface area contributed by atoms with Crippen LogP contribution in [-0.2, 0) is 6.54 Å². The molecule has 1 heterocycles. The number of nitrogens with one attached hydrogen (secondary N) is 1. The minimum atomic E-state index is 0.0231. The molecule has 0 bridgehead atoms. The first-order chi connectivity index (χ1) is 8.54. The molecule has 1 rings (SSSR count). The van der Waals surface area contributed by atoms with E-state index in [4.69, 9.17) is 5.11 Å². The third kappa shape index (κ3) is 4.58. The number of hydrogen-bond acceptors (Lipinski definition) is 5. The lowest BCUT2D eigenvalue weighted by atomic mass is 10.2. The molecule has 0 amide bonds. The van der Waals surface area contributed by atoms with E-state index in [0.717, 1.165) is 18.7 Å². The summed E-state index contributed by atoms with van der Waals surface area (Å²) in [6, 6.07) is 0.0231. The summed E-state index contributed by atoms with van der Waals surface area (Å²) in [5, 5.41) is 12.4. The van der Waals surface area contributed by atoms with Gasteiger partial charge in [0.1, 0.15) is 0 Å². The van der Waals surface area contributed by atoms with Gasteiger partial charge in [-0.3, -0.25) is 0 Å². The molecule has 0 radical (unpaired) electrons. The molecule has 0 aliphatic rings. The predicted molar refractivity (Wildman–Crippen MR) is 73.5 cm³/mol. The highest BCUT2D eigenvalue weighted by atomic mass is 16.3. The zero-order chi connectivity index (χ0) is 13.5. The van der Waals surface area contributed by atoms with Gasteiger partial charge in [0.05, 0.1) is 12.6 Å². The van der Waals surface area contributed by atoms with Crippen LogP contribution in [0.3, 0.4) is 0 Å². The first-order valence-corrected chi connectivity index (χ1v) is 6.40. The van der Waals surface area contributed by atoms with Crippen LogP contribution in [0.4, 0.5) is 5.95 Å². The highest BCUT2D eigenvalue weighted by Crippen LogP contribution is 2.08. The maximum atomic E-state index is 9.08. The number of aromatic nitrogens is 2. The molecule has 1 unspecified atom stereocenters. The van der Waals surface area contributed by atoms with Crippen LogP contribution in [0.15, 0.2) is 12.4 Å². The van der Waals surface area contributed by atoms with Crippen molar-refractivity contribution in [3.63, 3.8) is 0 Å². The molecule has 0 aliphatic heterocycles. The molecule has 0 aromatic carbocycles. The first kappa shape index (κ1) is 14.9. The lowest BCUT2D eigenvalue weighted by Gasteiger charge is -2.22. The minimum absolute atomic E-state index is 0.0231. The molecule has 1 aromatic heterocycles. The zero-order valence-electron chi connectivity index (χ0n) is 11.7. The molecular formula is C13H24N4O. The van der Waals surface area contributed by atoms with Crippen LogP contribution in [0.1, 0.15) is 26.3 Å². The summed E-state index contributed by atoms with van der Waals surface area (Å²) in [4.78, 5) is 10.5. The predicted octanol–water partition coefficient (Wildman–Crippen LogP) is 1.04. The van der Waals surface area contributed by atoms with Crippen molar-refractivity contribution in [2.45, 2.75) is 33.4 Å². The van der Waals surface area contributed by atoms with Crippen molar-refractivity contribution in [1.29, 1.82) is 0 Å². The SMILES string of the molecule is CC(C)CNCc1cnc(N(C)C(C)CO)nc1. The van der Waals surface area contributed by atoms with Crippen molar-refractivity contribution in [2.75, 3.05) is 25.1 Å². The third-order valence-corrected chi connectivity index (χ3v) is 2.81. The Bertz CT molecular complexity index is 339. The van der Waals surface area contributed by atoms with E-state index < -0.39 is 0 Å². The van der Waals surface area contributed by atoms with Gasteiger partial charge in [-0.05, 0) is 19.4 Å². The van der Waals surface area contributed by atoms with Gasteiger partial charge in [0, 0.05) is 31.5 Å². The lowest BCUT2D eigenvalue weighted by Crippen LogP contribution is -2.33. The van der Waals surface area contributed by atoms with Crippen molar-refractivity contribution < 1.29 is 5.11 Å². The number of nitrogens with zero attached hydrogens (tertiary/aromatic N) is 3. The molecule has 0 saturated carbocycles. The molecular weight excluding hydrogens is 228 g/mol. The molecule has 0 spiro atoms. The maximum Gasteiger partial charge on any atom is 0.225 e. The average molecular weight is 252 g/mol. The Labute approximate surface area is 109 Å². The molecule has 5 heteroatoms. The molecule has 0 saturated heterocycles. The van der Waals surface area contributed by atoms with Crippen LogP contribution < -0.4 is 10.2 Å². The molecule has 0 aliphatic carbocycles. The molecule has 102 valence electrons. The summed E-state index contributed by atoms with van der Waals surface area (Å²) < 4.78 is 0. The van der Waals surface area contributed by atoms with Gasteiger partial charge in [0.25, 0.3) is 0 Å². The number of likely N-dealkylation sites (N-methyl/N-ethyl adjacent to an activating group) is 1. The fourth-order valence-corrected chi connectivity index (χ4v) is 1.45. The first-order valence-electron chi connectivity index (χ1n) is 6.40. The minimum Gasteiger partial charge on any atom is -0.394 e. The van der Waals surface area contributed by atoms with Crippen LogP contribution in [0, 0.1) is 5.92 Å². The monoisotopic (exact) mass is 252 g/mol. The fraction of sp³-hybridized carbons (Fsp3) is 0.692. The molecule has 18 heavy (non-hydrogen) atoms. The summed E-state index contributed by atoms with van der Waals surface area (Å²) in [6.07, 6.45) is 3.66. The van der Waals surface area contributed by atoms with E-state index in [1.165, 1.54) is 0 Å². The number of anilines is 1. The summed E-state index contributed by atoms with van der Waals surface area (Å²) in [7, 11) is 1.88. The van der Waals surface area contributed by atoms with Gasteiger partial charge in [-0.25, -0.2) is 9.97 Å². The van der Waals surface area contributed by atoms with Gasteiger partial charge in [0.2, 0.25) is 5.95 Å². The van der Waals surface area contributed by atoms with Crippen molar-refractivity contribution in [3.05, 3.63) is 18.0 Å². The lowest BCUT2D eigenvalue weighted by molar-refractivity contribution is 0.269. The second-order valence-electron chi connectivity index (χ2n) is 5.06. The van der Waals surface area contributed by atoms with Crippen molar-refractivity contribution in [2.24, 2.45) is 5.92 Å². The molecule has 0 fully saturated rings. The van der Waals surface area contributed by atoms with E-state index in [9.17, 15) is 0 Å². The number of hydrogen-bond donors (Lipinski definition) is 2. The fourth-order valence-electron chi connectivity index (χ4n) is 1.45. The Morgan fingerprint density at radius 2 is 1.89 bits per heavy atom. The van der Waals surface area contributed by atoms with E-state index in [-0.39, 0.29) is 12.6 Å². The van der Waals surface area contributed by atoms with Gasteiger partial charge in [-0.1, -0.05) is 13.8 Å². The second kappa shape index (κ2) is 7.28. The number of aliphatic hydroxyl groups excluding tert-OH is 1. The Morgan fingerprint density at radius 3 is 2.39 bits per heavy atom. The highest BCUT2D eigenvalue weighted by Gasteiger charge is 2.10. The Kier molecular flexibility index (Phi) is 6.01. The summed E-state index contributed by atoms with van der Waals surface area (Å²) in [5.41, 5.74) is 1.07.